The lowest BCUT2D eigenvalue weighted by Crippen LogP contribution is -2.24. The van der Waals surface area contributed by atoms with Gasteiger partial charge in [-0.3, -0.25) is 0 Å². The molecule has 1 fully saturated rings. The summed E-state index contributed by atoms with van der Waals surface area (Å²) in [5.41, 5.74) is 1.43. The minimum atomic E-state index is 0.189. The Kier molecular flexibility index (Phi) is 2.74. The Labute approximate surface area is 94.4 Å². The van der Waals surface area contributed by atoms with Gasteiger partial charge in [0.05, 0.1) is 0 Å². The first-order valence-corrected chi connectivity index (χ1v) is 5.53. The minimum absolute atomic E-state index is 0.189. The summed E-state index contributed by atoms with van der Waals surface area (Å²) in [7, 11) is 0. The predicted molar refractivity (Wildman–Crippen MR) is 61.3 cm³/mol. The Morgan fingerprint density at radius 1 is 1.21 bits per heavy atom. The third-order valence-electron chi connectivity index (χ3n) is 2.93. The lowest BCUT2D eigenvalue weighted by atomic mass is 9.82. The number of hydrogen-bond acceptors (Lipinski definition) is 1. The van der Waals surface area contributed by atoms with Crippen molar-refractivity contribution in [1.29, 1.82) is 0 Å². The van der Waals surface area contributed by atoms with Crippen LogP contribution in [0.4, 0.5) is 0 Å². The standard InChI is InChI=1S/C11H13Cl2N/c1-11(2-3-14-7-11)8-4-9(12)6-10(13)5-8/h4-6,14H,2-3,7H2,1H3. The molecule has 0 aliphatic carbocycles. The Balaban J connectivity index is 2.40. The molecule has 1 unspecified atom stereocenters. The van der Waals surface area contributed by atoms with Gasteiger partial charge < -0.3 is 5.32 Å². The first-order valence-electron chi connectivity index (χ1n) is 4.77. The molecule has 2 rings (SSSR count). The number of nitrogens with one attached hydrogen (secondary N) is 1. The van der Waals surface area contributed by atoms with E-state index in [0.717, 1.165) is 29.6 Å². The molecular formula is C11H13Cl2N. The Morgan fingerprint density at radius 3 is 2.36 bits per heavy atom. The van der Waals surface area contributed by atoms with Crippen LogP contribution in [0.5, 0.6) is 0 Å². The minimum Gasteiger partial charge on any atom is -0.316 e. The number of halogens is 2. The first-order chi connectivity index (χ1) is 6.60. The fourth-order valence-electron chi connectivity index (χ4n) is 1.97. The van der Waals surface area contributed by atoms with Crippen LogP contribution in [0.1, 0.15) is 18.9 Å². The van der Waals surface area contributed by atoms with E-state index in [1.54, 1.807) is 6.07 Å². The number of hydrogen-bond donors (Lipinski definition) is 1. The maximum Gasteiger partial charge on any atom is 0.0423 e. The lowest BCUT2D eigenvalue weighted by molar-refractivity contribution is 0.525. The molecule has 1 aromatic carbocycles. The lowest BCUT2D eigenvalue weighted by Gasteiger charge is -2.23. The van der Waals surface area contributed by atoms with Gasteiger partial charge in [-0.1, -0.05) is 30.1 Å². The number of rotatable bonds is 1. The van der Waals surface area contributed by atoms with E-state index in [2.05, 4.69) is 12.2 Å². The highest BCUT2D eigenvalue weighted by Gasteiger charge is 2.30. The van der Waals surface area contributed by atoms with E-state index in [0.29, 0.717) is 0 Å². The van der Waals surface area contributed by atoms with Crippen molar-refractivity contribution >= 4 is 23.2 Å². The van der Waals surface area contributed by atoms with Gasteiger partial charge >= 0.3 is 0 Å². The van der Waals surface area contributed by atoms with Crippen molar-refractivity contribution < 1.29 is 0 Å². The van der Waals surface area contributed by atoms with Crippen LogP contribution in [0.25, 0.3) is 0 Å². The zero-order valence-corrected chi connectivity index (χ0v) is 9.62. The Hall–Kier alpha value is -0.240. The third-order valence-corrected chi connectivity index (χ3v) is 3.36. The molecule has 1 atom stereocenters. The summed E-state index contributed by atoms with van der Waals surface area (Å²) in [5, 5.41) is 4.81. The highest BCUT2D eigenvalue weighted by Crippen LogP contribution is 2.33. The molecule has 1 aliphatic heterocycles. The molecule has 1 saturated heterocycles. The molecule has 0 radical (unpaired) electrons. The smallest absolute Gasteiger partial charge is 0.0423 e. The fraction of sp³-hybridized carbons (Fsp3) is 0.455. The average Bonchev–Trinajstić information content (AvgIpc) is 2.52. The van der Waals surface area contributed by atoms with E-state index in [4.69, 9.17) is 23.2 Å². The van der Waals surface area contributed by atoms with Gasteiger partial charge in [-0.2, -0.15) is 0 Å². The van der Waals surface area contributed by atoms with Gasteiger partial charge in [0.2, 0.25) is 0 Å². The summed E-state index contributed by atoms with van der Waals surface area (Å²) in [4.78, 5) is 0. The van der Waals surface area contributed by atoms with E-state index in [9.17, 15) is 0 Å². The van der Waals surface area contributed by atoms with E-state index < -0.39 is 0 Å². The van der Waals surface area contributed by atoms with Crippen molar-refractivity contribution in [1.82, 2.24) is 5.32 Å². The largest absolute Gasteiger partial charge is 0.316 e. The molecule has 0 spiro atoms. The third kappa shape index (κ3) is 1.90. The van der Waals surface area contributed by atoms with Crippen molar-refractivity contribution in [3.8, 4) is 0 Å². The van der Waals surface area contributed by atoms with Gasteiger partial charge in [0.15, 0.2) is 0 Å². The average molecular weight is 230 g/mol. The van der Waals surface area contributed by atoms with E-state index >= 15 is 0 Å². The van der Waals surface area contributed by atoms with Crippen LogP contribution in [0, 0.1) is 0 Å². The molecule has 1 N–H and O–H groups in total. The zero-order valence-electron chi connectivity index (χ0n) is 8.11. The molecule has 0 amide bonds. The van der Waals surface area contributed by atoms with E-state index in [1.807, 2.05) is 12.1 Å². The summed E-state index contributed by atoms with van der Waals surface area (Å²) >= 11 is 12.0. The van der Waals surface area contributed by atoms with Crippen molar-refractivity contribution in [3.63, 3.8) is 0 Å². The molecule has 1 heterocycles. The molecule has 1 aliphatic rings. The number of benzene rings is 1. The van der Waals surface area contributed by atoms with Crippen LogP contribution >= 0.6 is 23.2 Å². The van der Waals surface area contributed by atoms with Crippen LogP contribution in [0.15, 0.2) is 18.2 Å². The normalized spacial score (nSPS) is 26.8. The quantitative estimate of drug-likeness (QED) is 0.780. The second-order valence-electron chi connectivity index (χ2n) is 4.15. The van der Waals surface area contributed by atoms with Crippen molar-refractivity contribution in [2.45, 2.75) is 18.8 Å². The van der Waals surface area contributed by atoms with Gasteiger partial charge in [-0.05, 0) is 36.7 Å². The Bertz CT molecular complexity index is 323. The van der Waals surface area contributed by atoms with Crippen LogP contribution in [-0.4, -0.2) is 13.1 Å². The molecule has 76 valence electrons. The first kappa shape index (κ1) is 10.3. The van der Waals surface area contributed by atoms with E-state index in [-0.39, 0.29) is 5.41 Å². The molecule has 3 heteroatoms. The van der Waals surface area contributed by atoms with Gasteiger partial charge in [0.1, 0.15) is 0 Å². The monoisotopic (exact) mass is 229 g/mol. The summed E-state index contributed by atoms with van der Waals surface area (Å²) in [5.74, 6) is 0. The van der Waals surface area contributed by atoms with Crippen LogP contribution in [0.3, 0.4) is 0 Å². The second kappa shape index (κ2) is 3.73. The Morgan fingerprint density at radius 2 is 1.86 bits per heavy atom. The van der Waals surface area contributed by atoms with Crippen LogP contribution in [0.2, 0.25) is 10.0 Å². The predicted octanol–water partition coefficient (Wildman–Crippen LogP) is 3.24. The van der Waals surface area contributed by atoms with Gasteiger partial charge in [0.25, 0.3) is 0 Å². The molecule has 14 heavy (non-hydrogen) atoms. The zero-order chi connectivity index (χ0) is 10.2. The fourth-order valence-corrected chi connectivity index (χ4v) is 2.49. The van der Waals surface area contributed by atoms with E-state index in [1.165, 1.54) is 5.56 Å². The van der Waals surface area contributed by atoms with Crippen molar-refractivity contribution in [3.05, 3.63) is 33.8 Å². The molecule has 1 aromatic rings. The summed E-state index contributed by atoms with van der Waals surface area (Å²) < 4.78 is 0. The summed E-state index contributed by atoms with van der Waals surface area (Å²) in [6.07, 6.45) is 1.14. The highest BCUT2D eigenvalue weighted by atomic mass is 35.5. The van der Waals surface area contributed by atoms with Crippen molar-refractivity contribution in [2.75, 3.05) is 13.1 Å². The molecule has 1 nitrogen and oxygen atoms in total. The van der Waals surface area contributed by atoms with Crippen LogP contribution < -0.4 is 5.32 Å². The van der Waals surface area contributed by atoms with Crippen molar-refractivity contribution in [2.24, 2.45) is 0 Å². The molecule has 0 aromatic heterocycles. The maximum atomic E-state index is 5.99. The van der Waals surface area contributed by atoms with Gasteiger partial charge in [-0.15, -0.1) is 0 Å². The second-order valence-corrected chi connectivity index (χ2v) is 5.02. The van der Waals surface area contributed by atoms with Gasteiger partial charge in [0, 0.05) is 22.0 Å². The van der Waals surface area contributed by atoms with Crippen LogP contribution in [-0.2, 0) is 5.41 Å². The maximum absolute atomic E-state index is 5.99. The van der Waals surface area contributed by atoms with Gasteiger partial charge in [-0.25, -0.2) is 0 Å². The molecule has 0 bridgehead atoms. The SMILES string of the molecule is CC1(c2cc(Cl)cc(Cl)c2)CCNC1. The summed E-state index contributed by atoms with van der Waals surface area (Å²) in [6, 6.07) is 5.80. The topological polar surface area (TPSA) is 12.0 Å². The highest BCUT2D eigenvalue weighted by molar-refractivity contribution is 6.34. The molecule has 0 saturated carbocycles. The molecular weight excluding hydrogens is 217 g/mol. The summed E-state index contributed by atoms with van der Waals surface area (Å²) in [6.45, 7) is 4.32.